The van der Waals surface area contributed by atoms with Crippen molar-refractivity contribution >= 4 is 5.97 Å². The van der Waals surface area contributed by atoms with Gasteiger partial charge in [0.15, 0.2) is 0 Å². The molecule has 0 atom stereocenters. The first-order valence-corrected chi connectivity index (χ1v) is 6.51. The Labute approximate surface area is 101 Å². The molecule has 1 aromatic heterocycles. The van der Waals surface area contributed by atoms with E-state index in [0.717, 1.165) is 5.82 Å². The lowest BCUT2D eigenvalue weighted by Gasteiger charge is -2.10. The average molecular weight is 236 g/mol. The molecule has 1 saturated carbocycles. The number of rotatable bonds is 4. The monoisotopic (exact) mass is 236 g/mol. The van der Waals surface area contributed by atoms with Crippen molar-refractivity contribution in [3.05, 3.63) is 17.7 Å². The number of aliphatic carboxylic acids is 1. The number of hydrogen-bond acceptors (Lipinski definition) is 2. The molecule has 0 aliphatic heterocycles. The minimum atomic E-state index is -0.766. The van der Waals surface area contributed by atoms with Crippen LogP contribution in [0.5, 0.6) is 0 Å². The number of nitrogens with one attached hydrogen (secondary N) is 1. The minimum Gasteiger partial charge on any atom is -0.481 e. The Hall–Kier alpha value is -1.32. The largest absolute Gasteiger partial charge is 0.481 e. The van der Waals surface area contributed by atoms with Crippen molar-refractivity contribution in [2.45, 2.75) is 57.3 Å². The molecule has 1 aliphatic rings. The molecule has 0 amide bonds. The summed E-state index contributed by atoms with van der Waals surface area (Å²) in [4.78, 5) is 18.1. The number of carboxylic acids is 1. The molecule has 94 valence electrons. The van der Waals surface area contributed by atoms with E-state index in [4.69, 9.17) is 5.11 Å². The van der Waals surface area contributed by atoms with Gasteiger partial charge in [0.1, 0.15) is 5.82 Å². The molecule has 0 aromatic carbocycles. The van der Waals surface area contributed by atoms with Gasteiger partial charge in [-0.25, -0.2) is 4.98 Å². The first-order valence-electron chi connectivity index (χ1n) is 6.51. The van der Waals surface area contributed by atoms with Gasteiger partial charge in [-0.2, -0.15) is 0 Å². The van der Waals surface area contributed by atoms with Gasteiger partial charge in [-0.15, -0.1) is 0 Å². The van der Waals surface area contributed by atoms with Crippen LogP contribution in [0.25, 0.3) is 0 Å². The molecular weight excluding hydrogens is 216 g/mol. The highest BCUT2D eigenvalue weighted by Gasteiger charge is 2.16. The Morgan fingerprint density at radius 2 is 2.06 bits per heavy atom. The van der Waals surface area contributed by atoms with Gasteiger partial charge in [-0.1, -0.05) is 25.7 Å². The summed E-state index contributed by atoms with van der Waals surface area (Å²) in [5, 5.41) is 8.63. The van der Waals surface area contributed by atoms with E-state index < -0.39 is 5.97 Å². The van der Waals surface area contributed by atoms with E-state index in [1.165, 1.54) is 44.2 Å². The molecule has 0 bridgehead atoms. The molecular formula is C13H20N2O2. The van der Waals surface area contributed by atoms with Crippen molar-refractivity contribution in [2.24, 2.45) is 0 Å². The Kier molecular flexibility index (Phi) is 4.18. The maximum absolute atomic E-state index is 10.5. The highest BCUT2D eigenvalue weighted by molar-refractivity contribution is 5.66. The molecule has 0 saturated heterocycles. The highest BCUT2D eigenvalue weighted by atomic mass is 16.4. The summed E-state index contributed by atoms with van der Waals surface area (Å²) in [7, 11) is 0. The molecule has 1 aromatic rings. The quantitative estimate of drug-likeness (QED) is 0.790. The van der Waals surface area contributed by atoms with Gasteiger partial charge >= 0.3 is 5.97 Å². The lowest BCUT2D eigenvalue weighted by atomic mass is 9.97. The summed E-state index contributed by atoms with van der Waals surface area (Å²) in [6.45, 7) is 0. The van der Waals surface area contributed by atoms with Gasteiger partial charge in [0.25, 0.3) is 0 Å². The lowest BCUT2D eigenvalue weighted by molar-refractivity contribution is -0.137. The number of aromatic amines is 1. The van der Waals surface area contributed by atoms with E-state index in [2.05, 4.69) is 9.97 Å². The van der Waals surface area contributed by atoms with Crippen molar-refractivity contribution in [1.82, 2.24) is 9.97 Å². The lowest BCUT2D eigenvalue weighted by Crippen LogP contribution is -2.00. The molecule has 4 nitrogen and oxygen atoms in total. The second-order valence-corrected chi connectivity index (χ2v) is 4.87. The Bertz CT molecular complexity index is 365. The number of carboxylic acid groups (broad SMARTS) is 1. The Morgan fingerprint density at radius 1 is 1.35 bits per heavy atom. The number of hydrogen-bond donors (Lipinski definition) is 2. The zero-order valence-corrected chi connectivity index (χ0v) is 10.1. The maximum Gasteiger partial charge on any atom is 0.303 e. The van der Waals surface area contributed by atoms with Crippen LogP contribution in [0.15, 0.2) is 6.20 Å². The van der Waals surface area contributed by atoms with E-state index in [-0.39, 0.29) is 6.42 Å². The second kappa shape index (κ2) is 5.84. The number of nitrogens with zero attached hydrogens (tertiary/aromatic N) is 1. The Morgan fingerprint density at radius 3 is 2.71 bits per heavy atom. The molecule has 1 aliphatic carbocycles. The summed E-state index contributed by atoms with van der Waals surface area (Å²) < 4.78 is 0. The third kappa shape index (κ3) is 3.58. The minimum absolute atomic E-state index is 0.150. The van der Waals surface area contributed by atoms with Crippen LogP contribution in [0, 0.1) is 0 Å². The molecule has 4 heteroatoms. The first-order chi connectivity index (χ1) is 8.25. The molecule has 17 heavy (non-hydrogen) atoms. The molecule has 1 heterocycles. The second-order valence-electron chi connectivity index (χ2n) is 4.87. The smallest absolute Gasteiger partial charge is 0.303 e. The molecule has 0 unspecified atom stereocenters. The van der Waals surface area contributed by atoms with Crippen molar-refractivity contribution in [1.29, 1.82) is 0 Å². The van der Waals surface area contributed by atoms with Crippen molar-refractivity contribution in [3.8, 4) is 0 Å². The van der Waals surface area contributed by atoms with Crippen LogP contribution in [0.4, 0.5) is 0 Å². The fraction of sp³-hybridized carbons (Fsp3) is 0.692. The van der Waals surface area contributed by atoms with Gasteiger partial charge in [0.2, 0.25) is 0 Å². The standard InChI is InChI=1S/C13H20N2O2/c16-13(17)8-7-12-14-9-11(15-12)10-5-3-1-2-4-6-10/h9-10H,1-8H2,(H,14,15)(H,16,17). The predicted octanol–water partition coefficient (Wildman–Crippen LogP) is 2.86. The predicted molar refractivity (Wildman–Crippen MR) is 65.0 cm³/mol. The van der Waals surface area contributed by atoms with Crippen LogP contribution < -0.4 is 0 Å². The third-order valence-corrected chi connectivity index (χ3v) is 3.52. The highest BCUT2D eigenvalue weighted by Crippen LogP contribution is 2.30. The number of H-pyrrole nitrogens is 1. The van der Waals surface area contributed by atoms with Crippen LogP contribution >= 0.6 is 0 Å². The van der Waals surface area contributed by atoms with Crippen LogP contribution in [0.1, 0.15) is 62.4 Å². The van der Waals surface area contributed by atoms with Gasteiger partial charge in [0.05, 0.1) is 6.42 Å². The van der Waals surface area contributed by atoms with E-state index in [1.54, 1.807) is 0 Å². The SMILES string of the molecule is O=C(O)CCc1ncc(C2CCCCCC2)[nH]1. The third-order valence-electron chi connectivity index (χ3n) is 3.52. The molecule has 2 N–H and O–H groups in total. The van der Waals surface area contributed by atoms with E-state index in [9.17, 15) is 4.79 Å². The summed E-state index contributed by atoms with van der Waals surface area (Å²) >= 11 is 0. The van der Waals surface area contributed by atoms with Gasteiger partial charge in [-0.05, 0) is 12.8 Å². The van der Waals surface area contributed by atoms with E-state index in [1.807, 2.05) is 6.20 Å². The van der Waals surface area contributed by atoms with Crippen molar-refractivity contribution in [3.63, 3.8) is 0 Å². The number of aryl methyl sites for hydroxylation is 1. The molecule has 0 radical (unpaired) electrons. The molecule has 1 fully saturated rings. The zero-order chi connectivity index (χ0) is 12.1. The fourth-order valence-electron chi connectivity index (χ4n) is 2.53. The van der Waals surface area contributed by atoms with Gasteiger partial charge in [0, 0.05) is 24.2 Å². The number of imidazole rings is 1. The van der Waals surface area contributed by atoms with Crippen molar-refractivity contribution in [2.75, 3.05) is 0 Å². The van der Waals surface area contributed by atoms with Crippen LogP contribution in [0.3, 0.4) is 0 Å². The van der Waals surface area contributed by atoms with Gasteiger partial charge in [-0.3, -0.25) is 4.79 Å². The molecule has 0 spiro atoms. The summed E-state index contributed by atoms with van der Waals surface area (Å²) in [5.41, 5.74) is 1.20. The zero-order valence-electron chi connectivity index (χ0n) is 10.1. The molecule has 2 rings (SSSR count). The van der Waals surface area contributed by atoms with Crippen LogP contribution in [-0.2, 0) is 11.2 Å². The van der Waals surface area contributed by atoms with E-state index >= 15 is 0 Å². The average Bonchev–Trinajstić information content (AvgIpc) is 2.60. The van der Waals surface area contributed by atoms with Crippen LogP contribution in [0.2, 0.25) is 0 Å². The van der Waals surface area contributed by atoms with Gasteiger partial charge < -0.3 is 10.1 Å². The Balaban J connectivity index is 1.94. The topological polar surface area (TPSA) is 66.0 Å². The first kappa shape index (κ1) is 12.1. The fourth-order valence-corrected chi connectivity index (χ4v) is 2.53. The van der Waals surface area contributed by atoms with Crippen molar-refractivity contribution < 1.29 is 9.90 Å². The number of aromatic nitrogens is 2. The normalized spacial score (nSPS) is 17.9. The maximum atomic E-state index is 10.5. The summed E-state index contributed by atoms with van der Waals surface area (Å²) in [5.74, 6) is 0.646. The number of carbonyl (C=O) groups is 1. The summed E-state index contributed by atoms with van der Waals surface area (Å²) in [6, 6.07) is 0. The summed E-state index contributed by atoms with van der Waals surface area (Å²) in [6.07, 6.45) is 10.3. The van der Waals surface area contributed by atoms with Crippen LogP contribution in [-0.4, -0.2) is 21.0 Å². The van der Waals surface area contributed by atoms with E-state index in [0.29, 0.717) is 12.3 Å².